The first-order valence-corrected chi connectivity index (χ1v) is 6.24. The highest BCUT2D eigenvalue weighted by Gasteiger charge is 2.06. The molecule has 0 bridgehead atoms. The second kappa shape index (κ2) is 7.94. The minimum Gasteiger partial charge on any atom is -0.463 e. The molecule has 94 valence electrons. The number of furan rings is 1. The summed E-state index contributed by atoms with van der Waals surface area (Å²) < 4.78 is 5.74. The molecular weight excluding hydrogens is 212 g/mol. The van der Waals surface area contributed by atoms with Gasteiger partial charge in [-0.25, -0.2) is 0 Å². The van der Waals surface area contributed by atoms with E-state index in [2.05, 4.69) is 30.0 Å². The summed E-state index contributed by atoms with van der Waals surface area (Å²) in [5.74, 6) is 4.63. The lowest BCUT2D eigenvalue weighted by atomic mass is 10.3. The Hall–Kier alpha value is -1.24. The van der Waals surface area contributed by atoms with Gasteiger partial charge in [0.05, 0.1) is 19.6 Å². The Bertz CT molecular complexity index is 351. The molecule has 3 heteroatoms. The highest BCUT2D eigenvalue weighted by Crippen LogP contribution is 2.10. The molecule has 0 radical (unpaired) electrons. The molecule has 0 fully saturated rings. The fourth-order valence-electron chi connectivity index (χ4n) is 1.62. The van der Waals surface area contributed by atoms with Crippen LogP contribution in [0, 0.1) is 12.3 Å². The second-order valence-corrected chi connectivity index (χ2v) is 4.05. The average molecular weight is 234 g/mol. The van der Waals surface area contributed by atoms with Gasteiger partial charge in [-0.3, -0.25) is 4.90 Å². The van der Waals surface area contributed by atoms with E-state index in [4.69, 9.17) is 10.8 Å². The van der Waals surface area contributed by atoms with Gasteiger partial charge in [-0.05, 0) is 31.6 Å². The Morgan fingerprint density at radius 1 is 1.35 bits per heavy atom. The van der Waals surface area contributed by atoms with Crippen LogP contribution < -0.4 is 5.32 Å². The number of nitrogens with one attached hydrogen (secondary N) is 1. The molecule has 3 nitrogen and oxygen atoms in total. The Morgan fingerprint density at radius 2 is 2.12 bits per heavy atom. The lowest BCUT2D eigenvalue weighted by molar-refractivity contribution is 0.280. The smallest absolute Gasteiger partial charge is 0.118 e. The molecule has 0 spiro atoms. The first-order valence-electron chi connectivity index (χ1n) is 6.24. The van der Waals surface area contributed by atoms with Crippen LogP contribution in [0.15, 0.2) is 16.5 Å². The number of nitrogens with zero attached hydrogens (tertiary/aromatic N) is 1. The highest BCUT2D eigenvalue weighted by molar-refractivity contribution is 5.07. The van der Waals surface area contributed by atoms with Crippen LogP contribution in [-0.4, -0.2) is 24.5 Å². The molecule has 0 unspecified atom stereocenters. The van der Waals surface area contributed by atoms with Crippen molar-refractivity contribution in [2.75, 3.05) is 19.6 Å². The van der Waals surface area contributed by atoms with Gasteiger partial charge in [-0.15, -0.1) is 6.42 Å². The number of hydrogen-bond donors (Lipinski definition) is 1. The molecule has 0 saturated heterocycles. The normalized spacial score (nSPS) is 10.7. The van der Waals surface area contributed by atoms with Crippen molar-refractivity contribution < 1.29 is 4.42 Å². The summed E-state index contributed by atoms with van der Waals surface area (Å²) in [7, 11) is 0. The molecule has 0 aliphatic carbocycles. The molecule has 0 amide bonds. The fraction of sp³-hybridized carbons (Fsp3) is 0.571. The third kappa shape index (κ3) is 5.08. The zero-order valence-electron chi connectivity index (χ0n) is 10.8. The first-order chi connectivity index (χ1) is 8.30. The van der Waals surface area contributed by atoms with E-state index >= 15 is 0 Å². The van der Waals surface area contributed by atoms with Crippen molar-refractivity contribution in [1.29, 1.82) is 0 Å². The lowest BCUT2D eigenvalue weighted by Crippen LogP contribution is -2.22. The Morgan fingerprint density at radius 3 is 2.76 bits per heavy atom. The van der Waals surface area contributed by atoms with E-state index in [1.54, 1.807) is 0 Å². The van der Waals surface area contributed by atoms with E-state index in [9.17, 15) is 0 Å². The van der Waals surface area contributed by atoms with E-state index < -0.39 is 0 Å². The van der Waals surface area contributed by atoms with Crippen LogP contribution >= 0.6 is 0 Å². The predicted molar refractivity (Wildman–Crippen MR) is 70.5 cm³/mol. The second-order valence-electron chi connectivity index (χ2n) is 4.05. The molecule has 1 aromatic heterocycles. The Kier molecular flexibility index (Phi) is 6.46. The molecule has 17 heavy (non-hydrogen) atoms. The quantitative estimate of drug-likeness (QED) is 0.552. The zero-order valence-corrected chi connectivity index (χ0v) is 10.8. The largest absolute Gasteiger partial charge is 0.463 e. The molecule has 0 aliphatic rings. The van der Waals surface area contributed by atoms with Gasteiger partial charge >= 0.3 is 0 Å². The van der Waals surface area contributed by atoms with Crippen molar-refractivity contribution in [3.8, 4) is 12.3 Å². The van der Waals surface area contributed by atoms with Crippen molar-refractivity contribution in [1.82, 2.24) is 10.2 Å². The van der Waals surface area contributed by atoms with Gasteiger partial charge in [-0.2, -0.15) is 0 Å². The van der Waals surface area contributed by atoms with Crippen LogP contribution in [0.4, 0.5) is 0 Å². The molecule has 0 saturated carbocycles. The number of terminal acetylenes is 1. The summed E-state index contributed by atoms with van der Waals surface area (Å²) in [4.78, 5) is 2.17. The molecule has 1 aromatic rings. The lowest BCUT2D eigenvalue weighted by Gasteiger charge is -2.15. The minimum absolute atomic E-state index is 0.667. The van der Waals surface area contributed by atoms with Crippen LogP contribution in [0.3, 0.4) is 0 Å². The summed E-state index contributed by atoms with van der Waals surface area (Å²) in [6.07, 6.45) is 6.45. The standard InChI is InChI=1S/C14H22N2O/c1-4-9-15-11-13-7-8-14(17-13)12-16(6-3)10-5-2/h2,7-8,15H,4,6,9-12H2,1,3H3. The summed E-state index contributed by atoms with van der Waals surface area (Å²) in [5, 5.41) is 3.32. The summed E-state index contributed by atoms with van der Waals surface area (Å²) in [5.41, 5.74) is 0. The van der Waals surface area contributed by atoms with Crippen LogP contribution in [0.5, 0.6) is 0 Å². The van der Waals surface area contributed by atoms with Crippen molar-refractivity contribution >= 4 is 0 Å². The van der Waals surface area contributed by atoms with Gasteiger partial charge in [-0.1, -0.05) is 19.8 Å². The van der Waals surface area contributed by atoms with Crippen LogP contribution in [0.2, 0.25) is 0 Å². The number of rotatable bonds is 8. The van der Waals surface area contributed by atoms with E-state index in [0.29, 0.717) is 6.54 Å². The topological polar surface area (TPSA) is 28.4 Å². The maximum Gasteiger partial charge on any atom is 0.118 e. The van der Waals surface area contributed by atoms with Crippen molar-refractivity contribution in [3.63, 3.8) is 0 Å². The maximum absolute atomic E-state index is 5.74. The zero-order chi connectivity index (χ0) is 12.5. The molecular formula is C14H22N2O. The Balaban J connectivity index is 2.41. The molecule has 0 atom stereocenters. The van der Waals surface area contributed by atoms with E-state index in [1.807, 2.05) is 12.1 Å². The SMILES string of the molecule is C#CCN(CC)Cc1ccc(CNCCC)o1. The van der Waals surface area contributed by atoms with Gasteiger partial charge in [0, 0.05) is 0 Å². The van der Waals surface area contributed by atoms with Gasteiger partial charge in [0.15, 0.2) is 0 Å². The fourth-order valence-corrected chi connectivity index (χ4v) is 1.62. The van der Waals surface area contributed by atoms with Crippen LogP contribution in [-0.2, 0) is 13.1 Å². The average Bonchev–Trinajstić information content (AvgIpc) is 2.77. The first kappa shape index (κ1) is 13.8. The van der Waals surface area contributed by atoms with Gasteiger partial charge < -0.3 is 9.73 Å². The third-order valence-corrected chi connectivity index (χ3v) is 2.58. The maximum atomic E-state index is 5.74. The Labute approximate surface area is 104 Å². The van der Waals surface area contributed by atoms with Gasteiger partial charge in [0.2, 0.25) is 0 Å². The van der Waals surface area contributed by atoms with Gasteiger partial charge in [0.1, 0.15) is 11.5 Å². The monoisotopic (exact) mass is 234 g/mol. The van der Waals surface area contributed by atoms with Crippen LogP contribution in [0.25, 0.3) is 0 Å². The molecule has 1 heterocycles. The van der Waals surface area contributed by atoms with Crippen molar-refractivity contribution in [2.24, 2.45) is 0 Å². The van der Waals surface area contributed by atoms with Crippen LogP contribution in [0.1, 0.15) is 31.8 Å². The molecule has 0 aliphatic heterocycles. The van der Waals surface area contributed by atoms with E-state index in [0.717, 1.165) is 44.1 Å². The van der Waals surface area contributed by atoms with Crippen molar-refractivity contribution in [2.45, 2.75) is 33.4 Å². The summed E-state index contributed by atoms with van der Waals surface area (Å²) in [6.45, 7) is 8.47. The van der Waals surface area contributed by atoms with E-state index in [1.165, 1.54) is 0 Å². The third-order valence-electron chi connectivity index (χ3n) is 2.58. The summed E-state index contributed by atoms with van der Waals surface area (Å²) in [6, 6.07) is 4.06. The predicted octanol–water partition coefficient (Wildman–Crippen LogP) is 2.23. The highest BCUT2D eigenvalue weighted by atomic mass is 16.3. The molecule has 0 aromatic carbocycles. The number of hydrogen-bond acceptors (Lipinski definition) is 3. The van der Waals surface area contributed by atoms with Gasteiger partial charge in [0.25, 0.3) is 0 Å². The summed E-state index contributed by atoms with van der Waals surface area (Å²) >= 11 is 0. The van der Waals surface area contributed by atoms with Crippen molar-refractivity contribution in [3.05, 3.63) is 23.7 Å². The minimum atomic E-state index is 0.667. The van der Waals surface area contributed by atoms with E-state index in [-0.39, 0.29) is 0 Å². The molecule has 1 rings (SSSR count). The molecule has 1 N–H and O–H groups in total.